The molecule has 0 radical (unpaired) electrons. The summed E-state index contributed by atoms with van der Waals surface area (Å²) in [4.78, 5) is 0. The van der Waals surface area contributed by atoms with Crippen LogP contribution in [-0.4, -0.2) is 9.13 Å². The summed E-state index contributed by atoms with van der Waals surface area (Å²) in [6.07, 6.45) is 14.6. The number of allylic oxidation sites excluding steroid dienone is 5. The van der Waals surface area contributed by atoms with Crippen molar-refractivity contribution < 1.29 is 0 Å². The highest BCUT2D eigenvalue weighted by atomic mass is 15.0. The molecular formula is C42H32N2. The molecule has 2 aromatic heterocycles. The third-order valence-electron chi connectivity index (χ3n) is 9.55. The van der Waals surface area contributed by atoms with Crippen LogP contribution in [0.15, 0.2) is 146 Å². The van der Waals surface area contributed by atoms with Crippen LogP contribution in [0.25, 0.3) is 61.2 Å². The van der Waals surface area contributed by atoms with E-state index in [-0.39, 0.29) is 0 Å². The van der Waals surface area contributed by atoms with Crippen molar-refractivity contribution in [2.45, 2.75) is 25.3 Å². The second-order valence-corrected chi connectivity index (χ2v) is 12.0. The SMILES string of the molecule is C1=CCC(n2c3c(c4ccc(-c5ccccc5)cc42)C=C(c2ccc4c(c2)c2ccccc2n4-c2ccccc2)CC3)C=C1. The fourth-order valence-corrected chi connectivity index (χ4v) is 7.51. The maximum Gasteiger partial charge on any atom is 0.0557 e. The topological polar surface area (TPSA) is 9.86 Å². The van der Waals surface area contributed by atoms with E-state index in [4.69, 9.17) is 0 Å². The van der Waals surface area contributed by atoms with Crippen LogP contribution in [0.3, 0.4) is 0 Å². The summed E-state index contributed by atoms with van der Waals surface area (Å²) < 4.78 is 5.02. The van der Waals surface area contributed by atoms with Crippen LogP contribution in [0.1, 0.15) is 35.7 Å². The van der Waals surface area contributed by atoms with E-state index in [1.165, 1.54) is 71.9 Å². The minimum Gasteiger partial charge on any atom is -0.337 e. The van der Waals surface area contributed by atoms with E-state index in [2.05, 4.69) is 161 Å². The van der Waals surface area contributed by atoms with E-state index in [0.717, 1.165) is 19.3 Å². The predicted molar refractivity (Wildman–Crippen MR) is 186 cm³/mol. The monoisotopic (exact) mass is 564 g/mol. The van der Waals surface area contributed by atoms with Crippen LogP contribution in [0, 0.1) is 0 Å². The summed E-state index contributed by atoms with van der Waals surface area (Å²) in [5.41, 5.74) is 13.1. The molecule has 0 saturated carbocycles. The van der Waals surface area contributed by atoms with Gasteiger partial charge in [0.05, 0.1) is 22.6 Å². The van der Waals surface area contributed by atoms with Crippen molar-refractivity contribution in [1.82, 2.24) is 9.13 Å². The normalized spacial score (nSPS) is 16.1. The molecule has 0 spiro atoms. The molecule has 0 N–H and O–H groups in total. The van der Waals surface area contributed by atoms with Crippen LogP contribution < -0.4 is 0 Å². The molecule has 0 fully saturated rings. The zero-order chi connectivity index (χ0) is 29.0. The molecule has 2 nitrogen and oxygen atoms in total. The Morgan fingerprint density at radius 3 is 2.16 bits per heavy atom. The first-order valence-corrected chi connectivity index (χ1v) is 15.7. The second kappa shape index (κ2) is 10.1. The Morgan fingerprint density at radius 1 is 0.545 bits per heavy atom. The number of para-hydroxylation sites is 2. The van der Waals surface area contributed by atoms with Gasteiger partial charge in [0.2, 0.25) is 0 Å². The second-order valence-electron chi connectivity index (χ2n) is 12.0. The zero-order valence-electron chi connectivity index (χ0n) is 24.5. The highest BCUT2D eigenvalue weighted by Crippen LogP contribution is 2.42. The number of nitrogens with zero attached hydrogens (tertiary/aromatic N) is 2. The van der Waals surface area contributed by atoms with Crippen LogP contribution in [-0.2, 0) is 6.42 Å². The Balaban J connectivity index is 1.22. The van der Waals surface area contributed by atoms with Gasteiger partial charge in [-0.1, -0.05) is 109 Å². The molecule has 44 heavy (non-hydrogen) atoms. The number of fused-ring (bicyclic) bond motifs is 6. The van der Waals surface area contributed by atoms with Crippen molar-refractivity contribution >= 4 is 44.4 Å². The minimum absolute atomic E-state index is 0.340. The van der Waals surface area contributed by atoms with Crippen molar-refractivity contribution in [3.63, 3.8) is 0 Å². The van der Waals surface area contributed by atoms with Gasteiger partial charge in [-0.05, 0) is 84.0 Å². The third-order valence-corrected chi connectivity index (χ3v) is 9.55. The lowest BCUT2D eigenvalue weighted by molar-refractivity contribution is 0.599. The summed E-state index contributed by atoms with van der Waals surface area (Å²) >= 11 is 0. The molecule has 5 aromatic carbocycles. The maximum absolute atomic E-state index is 2.63. The summed E-state index contributed by atoms with van der Waals surface area (Å²) in [5, 5.41) is 3.96. The molecule has 2 heterocycles. The summed E-state index contributed by atoms with van der Waals surface area (Å²) in [6, 6.07) is 44.7. The number of benzene rings is 5. The van der Waals surface area contributed by atoms with Crippen LogP contribution >= 0.6 is 0 Å². The highest BCUT2D eigenvalue weighted by molar-refractivity contribution is 6.10. The molecule has 0 bridgehead atoms. The van der Waals surface area contributed by atoms with E-state index in [0.29, 0.717) is 6.04 Å². The molecule has 7 aromatic rings. The van der Waals surface area contributed by atoms with Gasteiger partial charge >= 0.3 is 0 Å². The molecule has 2 aliphatic carbocycles. The first-order chi connectivity index (χ1) is 21.8. The first-order valence-electron chi connectivity index (χ1n) is 15.7. The average molecular weight is 565 g/mol. The lowest BCUT2D eigenvalue weighted by Gasteiger charge is -2.23. The summed E-state index contributed by atoms with van der Waals surface area (Å²) in [5.74, 6) is 0. The molecular weight excluding hydrogens is 532 g/mol. The van der Waals surface area contributed by atoms with Gasteiger partial charge in [-0.3, -0.25) is 0 Å². The maximum atomic E-state index is 2.63. The first kappa shape index (κ1) is 25.2. The van der Waals surface area contributed by atoms with Crippen molar-refractivity contribution in [3.8, 4) is 16.8 Å². The van der Waals surface area contributed by atoms with Gasteiger partial charge in [-0.2, -0.15) is 0 Å². The van der Waals surface area contributed by atoms with E-state index in [1.54, 1.807) is 0 Å². The van der Waals surface area contributed by atoms with E-state index < -0.39 is 0 Å². The van der Waals surface area contributed by atoms with Crippen molar-refractivity contribution in [3.05, 3.63) is 162 Å². The van der Waals surface area contributed by atoms with Gasteiger partial charge in [-0.15, -0.1) is 0 Å². The van der Waals surface area contributed by atoms with Crippen molar-refractivity contribution in [2.75, 3.05) is 0 Å². The molecule has 0 saturated heterocycles. The van der Waals surface area contributed by atoms with Gasteiger partial charge in [0.15, 0.2) is 0 Å². The van der Waals surface area contributed by atoms with Crippen LogP contribution in [0.5, 0.6) is 0 Å². The van der Waals surface area contributed by atoms with Crippen LogP contribution in [0.2, 0.25) is 0 Å². The van der Waals surface area contributed by atoms with E-state index in [9.17, 15) is 0 Å². The van der Waals surface area contributed by atoms with Crippen LogP contribution in [0.4, 0.5) is 0 Å². The standard InChI is InChI=1S/C42H32N2/c1-4-12-29(13-5-1)32-20-23-36-38-27-31(22-25-41(38)44(42(36)28-32)34-16-8-3-9-17-34)30-21-24-40-37(26-30)35-18-10-11-19-39(35)43(40)33-14-6-2-7-15-33/h1-16,18-21,23-24,26-28,34H,17,22,25H2. The summed E-state index contributed by atoms with van der Waals surface area (Å²) in [7, 11) is 0. The number of aromatic nitrogens is 2. The third kappa shape index (κ3) is 3.95. The van der Waals surface area contributed by atoms with Gasteiger partial charge < -0.3 is 9.13 Å². The Hall–Kier alpha value is -5.34. The van der Waals surface area contributed by atoms with Gasteiger partial charge in [-0.25, -0.2) is 0 Å². The highest BCUT2D eigenvalue weighted by Gasteiger charge is 2.25. The molecule has 1 atom stereocenters. The molecule has 9 rings (SSSR count). The van der Waals surface area contributed by atoms with Crippen molar-refractivity contribution in [2.24, 2.45) is 0 Å². The van der Waals surface area contributed by atoms with Gasteiger partial charge in [0.25, 0.3) is 0 Å². The van der Waals surface area contributed by atoms with E-state index in [1.807, 2.05) is 0 Å². The Labute approximate surface area is 257 Å². The lowest BCUT2D eigenvalue weighted by Crippen LogP contribution is -2.12. The zero-order valence-corrected chi connectivity index (χ0v) is 24.5. The predicted octanol–water partition coefficient (Wildman–Crippen LogP) is 10.9. The Bertz CT molecular complexity index is 2290. The quantitative estimate of drug-likeness (QED) is 0.201. The number of hydrogen-bond acceptors (Lipinski definition) is 0. The number of rotatable bonds is 4. The minimum atomic E-state index is 0.340. The fraction of sp³-hybridized carbons (Fsp3) is 0.0952. The lowest BCUT2D eigenvalue weighted by atomic mass is 9.90. The Kier molecular flexibility index (Phi) is 5.80. The Morgan fingerprint density at radius 2 is 1.32 bits per heavy atom. The molecule has 2 aliphatic rings. The molecule has 0 aliphatic heterocycles. The average Bonchev–Trinajstić information content (AvgIpc) is 3.61. The van der Waals surface area contributed by atoms with E-state index >= 15 is 0 Å². The molecule has 2 heteroatoms. The number of hydrogen-bond donors (Lipinski definition) is 0. The molecule has 210 valence electrons. The molecule has 0 amide bonds. The van der Waals surface area contributed by atoms with Crippen molar-refractivity contribution in [1.29, 1.82) is 0 Å². The largest absolute Gasteiger partial charge is 0.337 e. The smallest absolute Gasteiger partial charge is 0.0557 e. The van der Waals surface area contributed by atoms with Gasteiger partial charge in [0, 0.05) is 33.1 Å². The van der Waals surface area contributed by atoms with Gasteiger partial charge in [0.1, 0.15) is 0 Å². The molecule has 1 unspecified atom stereocenters. The fourth-order valence-electron chi connectivity index (χ4n) is 7.51. The summed E-state index contributed by atoms with van der Waals surface area (Å²) in [6.45, 7) is 0.